The molecule has 0 aliphatic carbocycles. The minimum atomic E-state index is -0.465. The van der Waals surface area contributed by atoms with Gasteiger partial charge in [-0.25, -0.2) is 0 Å². The molecule has 0 fully saturated rings. The third-order valence-electron chi connectivity index (χ3n) is 3.35. The number of hydrogen-bond donors (Lipinski definition) is 1. The maximum atomic E-state index is 12.3. The molecule has 0 spiro atoms. The normalized spacial score (nSPS) is 10.8. The van der Waals surface area contributed by atoms with Crippen molar-refractivity contribution in [3.8, 4) is 11.9 Å². The summed E-state index contributed by atoms with van der Waals surface area (Å²) in [5.74, 6) is -0.331. The van der Waals surface area contributed by atoms with Gasteiger partial charge in [-0.2, -0.15) is 10.4 Å². The van der Waals surface area contributed by atoms with E-state index in [0.29, 0.717) is 11.3 Å². The Bertz CT molecular complexity index is 844. The molecule has 1 aromatic carbocycles. The molecule has 6 heteroatoms. The van der Waals surface area contributed by atoms with E-state index < -0.39 is 5.56 Å². The molecule has 6 nitrogen and oxygen atoms in total. The first kappa shape index (κ1) is 15.4. The topological polar surface area (TPSA) is 90.7 Å². The molecule has 0 aliphatic heterocycles. The minimum absolute atomic E-state index is 0.0413. The zero-order valence-electron chi connectivity index (χ0n) is 12.7. The van der Waals surface area contributed by atoms with Crippen molar-refractivity contribution in [1.29, 1.82) is 5.26 Å². The lowest BCUT2D eigenvalue weighted by molar-refractivity contribution is 0.409. The minimum Gasteiger partial charge on any atom is -0.493 e. The van der Waals surface area contributed by atoms with Gasteiger partial charge in [-0.1, -0.05) is 12.1 Å². The highest BCUT2D eigenvalue weighted by Crippen LogP contribution is 2.26. The number of aryl methyl sites for hydroxylation is 1. The smallest absolute Gasteiger partial charge is 0.281 e. The number of benzene rings is 1. The highest BCUT2D eigenvalue weighted by Gasteiger charge is 2.18. The quantitative estimate of drug-likeness (QED) is 0.879. The van der Waals surface area contributed by atoms with Crippen LogP contribution in [0.4, 0.5) is 11.4 Å². The van der Waals surface area contributed by atoms with E-state index >= 15 is 0 Å². The van der Waals surface area contributed by atoms with Gasteiger partial charge < -0.3 is 5.11 Å². The molecule has 1 N–H and O–H groups in total. The molecular weight excluding hydrogens is 280 g/mol. The van der Waals surface area contributed by atoms with Crippen molar-refractivity contribution in [2.45, 2.75) is 27.3 Å². The number of azo groups is 1. The van der Waals surface area contributed by atoms with Gasteiger partial charge in [-0.05, 0) is 38.5 Å². The number of nitrogens with zero attached hydrogens (tertiary/aromatic N) is 4. The predicted octanol–water partition coefficient (Wildman–Crippen LogP) is 3.48. The second kappa shape index (κ2) is 6.22. The van der Waals surface area contributed by atoms with Crippen LogP contribution >= 0.6 is 0 Å². The fourth-order valence-corrected chi connectivity index (χ4v) is 2.15. The Morgan fingerprint density at radius 1 is 1.32 bits per heavy atom. The van der Waals surface area contributed by atoms with Crippen LogP contribution in [0, 0.1) is 25.2 Å². The standard InChI is InChI=1S/C16H16N4O2/c1-4-20-15(21)13(9-17)11(3)14(16(20)22)19-18-12-7-5-6-10(2)8-12/h5-8,21H,4H2,1-3H3. The van der Waals surface area contributed by atoms with E-state index in [1.807, 2.05) is 31.2 Å². The van der Waals surface area contributed by atoms with E-state index in [2.05, 4.69) is 10.2 Å². The molecule has 112 valence electrons. The fourth-order valence-electron chi connectivity index (χ4n) is 2.15. The molecule has 0 radical (unpaired) electrons. The van der Waals surface area contributed by atoms with Gasteiger partial charge in [0, 0.05) is 12.1 Å². The van der Waals surface area contributed by atoms with Gasteiger partial charge in [-0.15, -0.1) is 5.11 Å². The van der Waals surface area contributed by atoms with Crippen molar-refractivity contribution >= 4 is 11.4 Å². The highest BCUT2D eigenvalue weighted by molar-refractivity contribution is 5.56. The van der Waals surface area contributed by atoms with Crippen molar-refractivity contribution in [3.63, 3.8) is 0 Å². The third-order valence-corrected chi connectivity index (χ3v) is 3.35. The Labute approximate surface area is 128 Å². The molecule has 2 aromatic rings. The number of pyridine rings is 1. The maximum absolute atomic E-state index is 12.3. The van der Waals surface area contributed by atoms with Crippen molar-refractivity contribution in [2.24, 2.45) is 10.2 Å². The van der Waals surface area contributed by atoms with Crippen LogP contribution in [0.15, 0.2) is 39.3 Å². The molecule has 22 heavy (non-hydrogen) atoms. The summed E-state index contributed by atoms with van der Waals surface area (Å²) in [5.41, 5.74) is 1.62. The Kier molecular flexibility index (Phi) is 4.37. The summed E-state index contributed by atoms with van der Waals surface area (Å²) >= 11 is 0. The molecule has 1 heterocycles. The van der Waals surface area contributed by atoms with E-state index in [9.17, 15) is 9.90 Å². The summed E-state index contributed by atoms with van der Waals surface area (Å²) in [4.78, 5) is 12.3. The van der Waals surface area contributed by atoms with Crippen molar-refractivity contribution in [1.82, 2.24) is 4.57 Å². The summed E-state index contributed by atoms with van der Waals surface area (Å²) in [6.45, 7) is 5.46. The average Bonchev–Trinajstić information content (AvgIpc) is 2.48. The lowest BCUT2D eigenvalue weighted by Gasteiger charge is -2.10. The van der Waals surface area contributed by atoms with Crippen LogP contribution in [0.2, 0.25) is 0 Å². The molecule has 0 bridgehead atoms. The first-order valence-corrected chi connectivity index (χ1v) is 6.84. The number of aromatic hydroxyl groups is 1. The monoisotopic (exact) mass is 296 g/mol. The van der Waals surface area contributed by atoms with E-state index in [0.717, 1.165) is 10.1 Å². The van der Waals surface area contributed by atoms with Gasteiger partial charge in [0.15, 0.2) is 5.69 Å². The molecule has 0 saturated carbocycles. The second-order valence-electron chi connectivity index (χ2n) is 4.87. The Morgan fingerprint density at radius 3 is 2.64 bits per heavy atom. The molecule has 1 aromatic heterocycles. The van der Waals surface area contributed by atoms with Crippen molar-refractivity contribution < 1.29 is 5.11 Å². The van der Waals surface area contributed by atoms with E-state index in [-0.39, 0.29) is 23.7 Å². The summed E-state index contributed by atoms with van der Waals surface area (Å²) in [7, 11) is 0. The largest absolute Gasteiger partial charge is 0.493 e. The number of rotatable bonds is 3. The first-order valence-electron chi connectivity index (χ1n) is 6.84. The zero-order chi connectivity index (χ0) is 16.3. The summed E-state index contributed by atoms with van der Waals surface area (Å²) in [6, 6.07) is 9.29. The Balaban J connectivity index is 2.61. The Hall–Kier alpha value is -2.94. The van der Waals surface area contributed by atoms with Gasteiger partial charge in [0.05, 0.1) is 5.69 Å². The molecule has 0 aliphatic rings. The van der Waals surface area contributed by atoms with E-state index in [1.54, 1.807) is 19.9 Å². The summed E-state index contributed by atoms with van der Waals surface area (Å²) in [5, 5.41) is 27.2. The van der Waals surface area contributed by atoms with Crippen LogP contribution in [0.3, 0.4) is 0 Å². The molecule has 2 rings (SSSR count). The van der Waals surface area contributed by atoms with E-state index in [4.69, 9.17) is 5.26 Å². The molecule has 0 saturated heterocycles. The van der Waals surface area contributed by atoms with Gasteiger partial charge in [0.2, 0.25) is 5.88 Å². The highest BCUT2D eigenvalue weighted by atomic mass is 16.3. The van der Waals surface area contributed by atoms with E-state index in [1.165, 1.54) is 0 Å². The van der Waals surface area contributed by atoms with Crippen LogP contribution in [0.1, 0.15) is 23.6 Å². The number of nitriles is 1. The van der Waals surface area contributed by atoms with Gasteiger partial charge in [0.25, 0.3) is 5.56 Å². The Morgan fingerprint density at radius 2 is 2.05 bits per heavy atom. The van der Waals surface area contributed by atoms with Crippen LogP contribution < -0.4 is 5.56 Å². The summed E-state index contributed by atoms with van der Waals surface area (Å²) in [6.07, 6.45) is 0. The maximum Gasteiger partial charge on any atom is 0.281 e. The molecule has 0 atom stereocenters. The van der Waals surface area contributed by atoms with Crippen molar-refractivity contribution in [2.75, 3.05) is 0 Å². The van der Waals surface area contributed by atoms with Crippen molar-refractivity contribution in [3.05, 3.63) is 51.3 Å². The lowest BCUT2D eigenvalue weighted by Crippen LogP contribution is -2.20. The van der Waals surface area contributed by atoms with Crippen LogP contribution in [0.25, 0.3) is 0 Å². The lowest BCUT2D eigenvalue weighted by atomic mass is 10.1. The molecular formula is C16H16N4O2. The first-order chi connectivity index (χ1) is 10.5. The van der Waals surface area contributed by atoms with Gasteiger partial charge >= 0.3 is 0 Å². The average molecular weight is 296 g/mol. The molecule has 0 amide bonds. The van der Waals surface area contributed by atoms with Crippen LogP contribution in [-0.4, -0.2) is 9.67 Å². The summed E-state index contributed by atoms with van der Waals surface area (Å²) < 4.78 is 1.11. The zero-order valence-corrected chi connectivity index (χ0v) is 12.7. The number of hydrogen-bond acceptors (Lipinski definition) is 5. The predicted molar refractivity (Wildman–Crippen MR) is 82.8 cm³/mol. The number of aromatic nitrogens is 1. The second-order valence-corrected chi connectivity index (χ2v) is 4.87. The van der Waals surface area contributed by atoms with Crippen LogP contribution in [-0.2, 0) is 6.54 Å². The van der Waals surface area contributed by atoms with Gasteiger partial charge in [-0.3, -0.25) is 9.36 Å². The van der Waals surface area contributed by atoms with Gasteiger partial charge in [0.1, 0.15) is 11.6 Å². The SMILES string of the molecule is CCn1c(O)c(C#N)c(C)c(N=Nc2cccc(C)c2)c1=O. The fraction of sp³-hybridized carbons (Fsp3) is 0.250. The molecule has 0 unspecified atom stereocenters. The van der Waals surface area contributed by atoms with Crippen LogP contribution in [0.5, 0.6) is 5.88 Å². The third kappa shape index (κ3) is 2.74.